The van der Waals surface area contributed by atoms with Gasteiger partial charge < -0.3 is 9.73 Å². The summed E-state index contributed by atoms with van der Waals surface area (Å²) < 4.78 is 5.76. The van der Waals surface area contributed by atoms with Crippen LogP contribution in [0.3, 0.4) is 0 Å². The lowest BCUT2D eigenvalue weighted by Crippen LogP contribution is -2.14. The average molecular weight is 347 g/mol. The van der Waals surface area contributed by atoms with Crippen LogP contribution in [0.5, 0.6) is 0 Å². The van der Waals surface area contributed by atoms with Gasteiger partial charge in [0.15, 0.2) is 0 Å². The predicted molar refractivity (Wildman–Crippen MR) is 99.7 cm³/mol. The van der Waals surface area contributed by atoms with E-state index in [1.807, 2.05) is 42.6 Å². The lowest BCUT2D eigenvalue weighted by Gasteiger charge is -2.06. The largest absolute Gasteiger partial charge is 0.441 e. The summed E-state index contributed by atoms with van der Waals surface area (Å²) in [5.74, 6) is 2.15. The lowest BCUT2D eigenvalue weighted by atomic mass is 10.1. The van der Waals surface area contributed by atoms with Crippen LogP contribution in [-0.2, 0) is 4.79 Å². The smallest absolute Gasteiger partial charge is 0.228 e. The minimum absolute atomic E-state index is 0.0271. The van der Waals surface area contributed by atoms with E-state index in [-0.39, 0.29) is 17.7 Å². The van der Waals surface area contributed by atoms with E-state index in [9.17, 15) is 4.79 Å². The van der Waals surface area contributed by atoms with Crippen molar-refractivity contribution in [2.75, 3.05) is 5.32 Å². The van der Waals surface area contributed by atoms with E-state index in [4.69, 9.17) is 4.42 Å². The molecule has 1 saturated carbocycles. The van der Waals surface area contributed by atoms with Crippen molar-refractivity contribution in [3.8, 4) is 11.5 Å². The molecule has 26 heavy (non-hydrogen) atoms. The number of nitrogens with zero attached hydrogens (tertiary/aromatic N) is 2. The lowest BCUT2D eigenvalue weighted by molar-refractivity contribution is -0.117. The molecule has 1 aliphatic carbocycles. The number of benzene rings is 1. The molecule has 2 atom stereocenters. The molecule has 1 aromatic carbocycles. The number of pyridine rings is 1. The number of carbonyl (C=O) groups excluding carboxylic acids is 1. The molecule has 1 fully saturated rings. The first-order chi connectivity index (χ1) is 12.6. The fraction of sp³-hybridized carbons (Fsp3) is 0.286. The molecule has 1 N–H and O–H groups in total. The first kappa shape index (κ1) is 16.5. The molecule has 0 spiro atoms. The van der Waals surface area contributed by atoms with Gasteiger partial charge in [-0.2, -0.15) is 0 Å². The zero-order valence-electron chi connectivity index (χ0n) is 14.8. The summed E-state index contributed by atoms with van der Waals surface area (Å²) in [6.07, 6.45) is 6.24. The second kappa shape index (κ2) is 6.75. The van der Waals surface area contributed by atoms with Crippen molar-refractivity contribution in [1.29, 1.82) is 0 Å². The quantitative estimate of drug-likeness (QED) is 0.732. The first-order valence-corrected chi connectivity index (χ1v) is 8.89. The normalized spacial score (nSPS) is 18.7. The van der Waals surface area contributed by atoms with Gasteiger partial charge in [0, 0.05) is 35.5 Å². The number of nitrogens with one attached hydrogen (secondary N) is 1. The summed E-state index contributed by atoms with van der Waals surface area (Å²) in [5.41, 5.74) is 2.81. The Hall–Kier alpha value is -2.95. The van der Waals surface area contributed by atoms with Gasteiger partial charge in [-0.3, -0.25) is 9.78 Å². The zero-order chi connectivity index (χ0) is 18.1. The van der Waals surface area contributed by atoms with Gasteiger partial charge in [0.05, 0.1) is 6.20 Å². The Kier molecular flexibility index (Phi) is 4.29. The topological polar surface area (TPSA) is 68.0 Å². The summed E-state index contributed by atoms with van der Waals surface area (Å²) in [5, 5.41) is 3.00. The van der Waals surface area contributed by atoms with Crippen LogP contribution in [0, 0.1) is 5.92 Å². The molecular formula is C21H21N3O2. The Morgan fingerprint density at radius 1 is 1.19 bits per heavy atom. The maximum absolute atomic E-state index is 12.4. The van der Waals surface area contributed by atoms with E-state index < -0.39 is 0 Å². The highest BCUT2D eigenvalue weighted by molar-refractivity contribution is 5.95. The number of aromatic nitrogens is 2. The van der Waals surface area contributed by atoms with Crippen LogP contribution in [0.15, 0.2) is 59.4 Å². The molecule has 0 bridgehead atoms. The second-order valence-electron chi connectivity index (χ2n) is 7.02. The molecule has 2 heterocycles. The van der Waals surface area contributed by atoms with Crippen molar-refractivity contribution in [2.45, 2.75) is 32.1 Å². The molecule has 0 saturated heterocycles. The van der Waals surface area contributed by atoms with Gasteiger partial charge in [0.2, 0.25) is 11.8 Å². The Bertz CT molecular complexity index is 901. The van der Waals surface area contributed by atoms with E-state index in [0.717, 1.165) is 29.0 Å². The third-order valence-electron chi connectivity index (χ3n) is 4.73. The molecule has 0 unspecified atom stereocenters. The van der Waals surface area contributed by atoms with Crippen molar-refractivity contribution in [3.05, 3.63) is 66.3 Å². The number of anilines is 1. The van der Waals surface area contributed by atoms with Gasteiger partial charge >= 0.3 is 0 Å². The van der Waals surface area contributed by atoms with Crippen LogP contribution in [-0.4, -0.2) is 15.9 Å². The minimum Gasteiger partial charge on any atom is -0.441 e. The number of carbonyl (C=O) groups is 1. The van der Waals surface area contributed by atoms with Gasteiger partial charge in [-0.25, -0.2) is 4.98 Å². The molecular weight excluding hydrogens is 326 g/mol. The van der Waals surface area contributed by atoms with Crippen molar-refractivity contribution < 1.29 is 9.21 Å². The summed E-state index contributed by atoms with van der Waals surface area (Å²) in [6, 6.07) is 11.5. The van der Waals surface area contributed by atoms with E-state index in [1.54, 1.807) is 12.4 Å². The number of rotatable bonds is 5. The standard InChI is InChI=1S/C21H21N3O2/c1-13(2)19-12-23-21(26-19)14-5-7-16(8-6-14)24-20(25)18-10-17(18)15-4-3-9-22-11-15/h3-9,11-13,17-18H,10H2,1-2H3,(H,24,25)/t17-,18-/m1/s1. The van der Waals surface area contributed by atoms with E-state index in [0.29, 0.717) is 11.8 Å². The Morgan fingerprint density at radius 3 is 2.65 bits per heavy atom. The van der Waals surface area contributed by atoms with Gasteiger partial charge in [0.25, 0.3) is 0 Å². The monoisotopic (exact) mass is 347 g/mol. The Morgan fingerprint density at radius 2 is 2.00 bits per heavy atom. The fourth-order valence-electron chi connectivity index (χ4n) is 3.07. The molecule has 4 rings (SSSR count). The third kappa shape index (κ3) is 3.38. The van der Waals surface area contributed by atoms with Crippen LogP contribution in [0.1, 0.15) is 43.4 Å². The molecule has 132 valence electrons. The Labute approximate surface area is 152 Å². The predicted octanol–water partition coefficient (Wildman–Crippen LogP) is 4.60. The van der Waals surface area contributed by atoms with Crippen molar-refractivity contribution in [1.82, 2.24) is 9.97 Å². The number of hydrogen-bond donors (Lipinski definition) is 1. The average Bonchev–Trinajstić information content (AvgIpc) is 3.31. The number of amides is 1. The number of hydrogen-bond acceptors (Lipinski definition) is 4. The highest BCUT2D eigenvalue weighted by Crippen LogP contribution is 2.47. The number of oxazole rings is 1. The molecule has 1 amide bonds. The SMILES string of the molecule is CC(C)c1cnc(-c2ccc(NC(=O)[C@@H]3C[C@@H]3c3cccnc3)cc2)o1. The minimum atomic E-state index is 0.0271. The van der Waals surface area contributed by atoms with Crippen molar-refractivity contribution >= 4 is 11.6 Å². The summed E-state index contributed by atoms with van der Waals surface area (Å²) in [6.45, 7) is 4.14. The molecule has 3 aromatic rings. The molecule has 2 aromatic heterocycles. The van der Waals surface area contributed by atoms with E-state index in [1.165, 1.54) is 0 Å². The van der Waals surface area contributed by atoms with Gasteiger partial charge in [-0.1, -0.05) is 19.9 Å². The van der Waals surface area contributed by atoms with Crippen LogP contribution < -0.4 is 5.32 Å². The van der Waals surface area contributed by atoms with Crippen LogP contribution in [0.4, 0.5) is 5.69 Å². The van der Waals surface area contributed by atoms with Gasteiger partial charge in [-0.05, 0) is 48.2 Å². The maximum Gasteiger partial charge on any atom is 0.228 e. The summed E-state index contributed by atoms with van der Waals surface area (Å²) in [7, 11) is 0. The summed E-state index contributed by atoms with van der Waals surface area (Å²) in [4.78, 5) is 20.9. The maximum atomic E-state index is 12.4. The van der Waals surface area contributed by atoms with Crippen molar-refractivity contribution in [2.24, 2.45) is 5.92 Å². The second-order valence-corrected chi connectivity index (χ2v) is 7.02. The molecule has 5 heteroatoms. The zero-order valence-corrected chi connectivity index (χ0v) is 14.8. The third-order valence-corrected chi connectivity index (χ3v) is 4.73. The summed E-state index contributed by atoms with van der Waals surface area (Å²) >= 11 is 0. The van der Waals surface area contributed by atoms with Crippen LogP contribution in [0.25, 0.3) is 11.5 Å². The molecule has 0 aliphatic heterocycles. The highest BCUT2D eigenvalue weighted by Gasteiger charge is 2.44. The first-order valence-electron chi connectivity index (χ1n) is 8.89. The van der Waals surface area contributed by atoms with E-state index >= 15 is 0 Å². The van der Waals surface area contributed by atoms with Crippen LogP contribution in [0.2, 0.25) is 0 Å². The highest BCUT2D eigenvalue weighted by atomic mass is 16.4. The molecule has 5 nitrogen and oxygen atoms in total. The molecule has 0 radical (unpaired) electrons. The van der Waals surface area contributed by atoms with Crippen LogP contribution >= 0.6 is 0 Å². The van der Waals surface area contributed by atoms with E-state index in [2.05, 4.69) is 29.1 Å². The fourth-order valence-corrected chi connectivity index (χ4v) is 3.07. The van der Waals surface area contributed by atoms with Crippen molar-refractivity contribution in [3.63, 3.8) is 0 Å². The van der Waals surface area contributed by atoms with Gasteiger partial charge in [-0.15, -0.1) is 0 Å². The molecule has 1 aliphatic rings. The van der Waals surface area contributed by atoms with Gasteiger partial charge in [0.1, 0.15) is 5.76 Å². The Balaban J connectivity index is 1.39.